The molecule has 328 valence electrons. The van der Waals surface area contributed by atoms with Crippen LogP contribution in [0.4, 0.5) is 0 Å². The molecule has 0 aliphatic carbocycles. The van der Waals surface area contributed by atoms with Gasteiger partial charge in [0.2, 0.25) is 0 Å². The Morgan fingerprint density at radius 3 is 0.727 bits per heavy atom. The molecule has 2 aromatic heterocycles. The van der Waals surface area contributed by atoms with E-state index in [0.717, 1.165) is 44.3 Å². The second-order valence-electron chi connectivity index (χ2n) is 18.5. The van der Waals surface area contributed by atoms with Crippen molar-refractivity contribution in [1.29, 1.82) is 0 Å². The van der Waals surface area contributed by atoms with Crippen molar-refractivity contribution in [3.8, 4) is 68.3 Å². The van der Waals surface area contributed by atoms with Crippen LogP contribution in [-0.2, 0) is 18.6 Å². The summed E-state index contributed by atoms with van der Waals surface area (Å²) >= 11 is 0. The van der Waals surface area contributed by atoms with Gasteiger partial charge >= 0.3 is 14.2 Å². The minimum Gasteiger partial charge on any atom is -0.399 e. The first-order chi connectivity index (χ1) is 31.6. The molecule has 4 heterocycles. The molecule has 0 spiro atoms. The van der Waals surface area contributed by atoms with E-state index in [0.29, 0.717) is 34.9 Å². The standard InChI is InChI=1S/2C27H26BN3O2/c2*1-26(2)27(3,4)33-28(32-26)22-17-11-16-21(18-22)25-30-23(19-12-7-5-8-13-19)29-24(31-25)20-14-9-6-10-15-20/h2*5-18H,1-4H3. The first kappa shape index (κ1) is 44.5. The first-order valence-electron chi connectivity index (χ1n) is 22.3. The molecule has 0 N–H and O–H groups in total. The van der Waals surface area contributed by atoms with E-state index in [1.54, 1.807) is 0 Å². The van der Waals surface area contributed by atoms with Crippen molar-refractivity contribution in [3.63, 3.8) is 0 Å². The maximum atomic E-state index is 6.25. The minimum absolute atomic E-state index is 0.401. The first-order valence-corrected chi connectivity index (χ1v) is 22.3. The Bertz CT molecular complexity index is 2610. The molecular formula is C54H52B2N6O4. The molecule has 10 nitrogen and oxygen atoms in total. The van der Waals surface area contributed by atoms with Gasteiger partial charge in [-0.2, -0.15) is 0 Å². The van der Waals surface area contributed by atoms with Gasteiger partial charge in [0.15, 0.2) is 34.9 Å². The van der Waals surface area contributed by atoms with Crippen LogP contribution in [0.2, 0.25) is 0 Å². The Balaban J connectivity index is 0.000000166. The van der Waals surface area contributed by atoms with E-state index in [1.807, 2.05) is 170 Å². The maximum Gasteiger partial charge on any atom is 0.494 e. The summed E-state index contributed by atoms with van der Waals surface area (Å²) < 4.78 is 25.0. The summed E-state index contributed by atoms with van der Waals surface area (Å²) in [5, 5.41) is 0. The van der Waals surface area contributed by atoms with Crippen LogP contribution >= 0.6 is 0 Å². The predicted molar refractivity (Wildman–Crippen MR) is 264 cm³/mol. The molecule has 6 aromatic carbocycles. The highest BCUT2D eigenvalue weighted by Gasteiger charge is 2.52. The van der Waals surface area contributed by atoms with Gasteiger partial charge in [-0.25, -0.2) is 29.9 Å². The summed E-state index contributed by atoms with van der Waals surface area (Å²) in [6.45, 7) is 16.5. The Hall–Kier alpha value is -6.69. The molecule has 2 aliphatic rings. The third kappa shape index (κ3) is 9.36. The minimum atomic E-state index is -0.445. The second-order valence-corrected chi connectivity index (χ2v) is 18.5. The van der Waals surface area contributed by atoms with Crippen LogP contribution in [0, 0.1) is 0 Å². The lowest BCUT2D eigenvalue weighted by Crippen LogP contribution is -2.41. The van der Waals surface area contributed by atoms with Crippen molar-refractivity contribution in [2.75, 3.05) is 0 Å². The molecule has 8 aromatic rings. The summed E-state index contributed by atoms with van der Waals surface area (Å²) in [5.41, 5.74) is 5.83. The zero-order valence-electron chi connectivity index (χ0n) is 38.6. The van der Waals surface area contributed by atoms with Crippen LogP contribution in [0.15, 0.2) is 170 Å². The number of hydrogen-bond acceptors (Lipinski definition) is 10. The van der Waals surface area contributed by atoms with Crippen molar-refractivity contribution in [2.24, 2.45) is 0 Å². The van der Waals surface area contributed by atoms with Crippen molar-refractivity contribution >= 4 is 25.2 Å². The molecule has 0 amide bonds. The van der Waals surface area contributed by atoms with Gasteiger partial charge < -0.3 is 18.6 Å². The van der Waals surface area contributed by atoms with Crippen LogP contribution < -0.4 is 10.9 Å². The third-order valence-electron chi connectivity index (χ3n) is 12.7. The molecule has 0 atom stereocenters. The fourth-order valence-corrected chi connectivity index (χ4v) is 7.48. The lowest BCUT2D eigenvalue weighted by Gasteiger charge is -2.32. The fraction of sp³-hybridized carbons (Fsp3) is 0.222. The van der Waals surface area contributed by atoms with Crippen LogP contribution in [0.3, 0.4) is 0 Å². The number of nitrogens with zero attached hydrogens (tertiary/aromatic N) is 6. The van der Waals surface area contributed by atoms with E-state index in [1.165, 1.54) is 0 Å². The molecule has 0 bridgehead atoms. The average molecular weight is 871 g/mol. The zero-order valence-corrected chi connectivity index (χ0v) is 38.6. The van der Waals surface area contributed by atoms with Gasteiger partial charge in [0, 0.05) is 33.4 Å². The van der Waals surface area contributed by atoms with E-state index in [4.69, 9.17) is 48.5 Å². The van der Waals surface area contributed by atoms with Crippen LogP contribution in [0.25, 0.3) is 68.3 Å². The maximum absolute atomic E-state index is 6.25. The molecule has 0 unspecified atom stereocenters. The van der Waals surface area contributed by atoms with Crippen LogP contribution in [0.5, 0.6) is 0 Å². The van der Waals surface area contributed by atoms with Crippen molar-refractivity contribution in [1.82, 2.24) is 29.9 Å². The largest absolute Gasteiger partial charge is 0.494 e. The van der Waals surface area contributed by atoms with E-state index in [2.05, 4.69) is 55.4 Å². The topological polar surface area (TPSA) is 114 Å². The average Bonchev–Trinajstić information content (AvgIpc) is 3.71. The van der Waals surface area contributed by atoms with E-state index >= 15 is 0 Å². The quantitative estimate of drug-likeness (QED) is 0.137. The van der Waals surface area contributed by atoms with Crippen molar-refractivity contribution in [3.05, 3.63) is 170 Å². The van der Waals surface area contributed by atoms with Gasteiger partial charge in [-0.1, -0.05) is 170 Å². The summed E-state index contributed by atoms with van der Waals surface area (Å²) in [6.07, 6.45) is 0. The molecule has 2 saturated heterocycles. The Labute approximate surface area is 388 Å². The molecule has 2 fully saturated rings. The summed E-state index contributed by atoms with van der Waals surface area (Å²) in [5.74, 6) is 3.78. The third-order valence-corrected chi connectivity index (χ3v) is 12.7. The molecule has 10 rings (SSSR count). The molecule has 12 heteroatoms. The van der Waals surface area contributed by atoms with Gasteiger partial charge in [0.05, 0.1) is 22.4 Å². The molecule has 0 saturated carbocycles. The lowest BCUT2D eigenvalue weighted by atomic mass is 9.78. The normalized spacial score (nSPS) is 16.7. The van der Waals surface area contributed by atoms with E-state index in [9.17, 15) is 0 Å². The number of hydrogen-bond donors (Lipinski definition) is 0. The molecule has 2 aliphatic heterocycles. The van der Waals surface area contributed by atoms with Gasteiger partial charge in [0.25, 0.3) is 0 Å². The Morgan fingerprint density at radius 1 is 0.273 bits per heavy atom. The highest BCUT2D eigenvalue weighted by molar-refractivity contribution is 6.62. The predicted octanol–water partition coefficient (Wildman–Crippen LogP) is 10.3. The fourth-order valence-electron chi connectivity index (χ4n) is 7.48. The zero-order chi connectivity index (χ0) is 46.1. The van der Waals surface area contributed by atoms with Crippen LogP contribution in [-0.4, -0.2) is 66.5 Å². The smallest absolute Gasteiger partial charge is 0.399 e. The van der Waals surface area contributed by atoms with Crippen molar-refractivity contribution < 1.29 is 18.6 Å². The van der Waals surface area contributed by atoms with Crippen LogP contribution in [0.1, 0.15) is 55.4 Å². The van der Waals surface area contributed by atoms with E-state index < -0.39 is 36.6 Å². The van der Waals surface area contributed by atoms with Gasteiger partial charge in [-0.15, -0.1) is 0 Å². The SMILES string of the molecule is CC1(C)OB(c2cccc(-c3nc(-c4ccccc4)nc(-c4ccccc4)n3)c2)OC1(C)C.CC1(C)OB(c2cccc(-c3nc(-c4ccccc4)nc(-c4ccccc4)n3)c2)OC1(C)C. The summed E-state index contributed by atoms with van der Waals surface area (Å²) in [7, 11) is -0.891. The van der Waals surface area contributed by atoms with Gasteiger partial charge in [-0.05, 0) is 66.3 Å². The molecule has 66 heavy (non-hydrogen) atoms. The van der Waals surface area contributed by atoms with Crippen molar-refractivity contribution in [2.45, 2.75) is 77.8 Å². The monoisotopic (exact) mass is 870 g/mol. The number of aromatic nitrogens is 6. The second kappa shape index (κ2) is 17.9. The van der Waals surface area contributed by atoms with Gasteiger partial charge in [-0.3, -0.25) is 0 Å². The highest BCUT2D eigenvalue weighted by atomic mass is 16.7. The molecule has 0 radical (unpaired) electrons. The van der Waals surface area contributed by atoms with Gasteiger partial charge in [0.1, 0.15) is 0 Å². The van der Waals surface area contributed by atoms with E-state index in [-0.39, 0.29) is 0 Å². The summed E-state index contributed by atoms with van der Waals surface area (Å²) in [4.78, 5) is 28.8. The number of rotatable bonds is 8. The highest BCUT2D eigenvalue weighted by Crippen LogP contribution is 2.38. The Kier molecular flexibility index (Phi) is 12.1. The molecular weight excluding hydrogens is 818 g/mol. The summed E-state index contributed by atoms with van der Waals surface area (Å²) in [6, 6.07) is 56.0. The Morgan fingerprint density at radius 2 is 0.485 bits per heavy atom. The number of benzene rings is 6. The lowest BCUT2D eigenvalue weighted by molar-refractivity contribution is 0.00578.